The van der Waals surface area contributed by atoms with Gasteiger partial charge in [0.1, 0.15) is 0 Å². The highest BCUT2D eigenvalue weighted by atomic mass is 32.1. The Balaban J connectivity index is 1.95. The zero-order chi connectivity index (χ0) is 17.9. The Labute approximate surface area is 156 Å². The molecule has 0 unspecified atom stereocenters. The number of aromatic nitrogens is 1. The average Bonchev–Trinajstić information content (AvgIpc) is 3.19. The summed E-state index contributed by atoms with van der Waals surface area (Å²) in [6, 6.07) is 21.5. The van der Waals surface area contributed by atoms with Crippen molar-refractivity contribution in [1.29, 1.82) is 0 Å². The fourth-order valence-electron chi connectivity index (χ4n) is 3.11. The Kier molecular flexibility index (Phi) is 4.46. The lowest BCUT2D eigenvalue weighted by Gasteiger charge is -2.12. The molecule has 0 spiro atoms. The third-order valence-electron chi connectivity index (χ3n) is 4.33. The number of carbonyl (C=O) groups excluding carboxylic acids is 1. The molecule has 0 bridgehead atoms. The Morgan fingerprint density at radius 3 is 2.46 bits per heavy atom. The highest BCUT2D eigenvalue weighted by Crippen LogP contribution is 2.28. The standard InChI is InChI=1S/C23H17NOS/c1-16-22(23(25)17-8-3-2-4-9-17)20(14-13-18-10-7-15-26-18)19-11-5-6-12-21(19)24-16/h2-15H,1H3/b14-13+. The molecule has 0 atom stereocenters. The number of rotatable bonds is 4. The molecule has 0 saturated carbocycles. The zero-order valence-corrected chi connectivity index (χ0v) is 15.2. The molecule has 2 heterocycles. The van der Waals surface area contributed by atoms with Crippen molar-refractivity contribution in [3.05, 3.63) is 99.4 Å². The monoisotopic (exact) mass is 355 g/mol. The third-order valence-corrected chi connectivity index (χ3v) is 5.17. The molecule has 0 aliphatic heterocycles. The summed E-state index contributed by atoms with van der Waals surface area (Å²) in [5.41, 5.74) is 3.93. The van der Waals surface area contributed by atoms with E-state index in [2.05, 4.69) is 17.1 Å². The summed E-state index contributed by atoms with van der Waals surface area (Å²) >= 11 is 1.68. The van der Waals surface area contributed by atoms with Gasteiger partial charge >= 0.3 is 0 Å². The smallest absolute Gasteiger partial charge is 0.195 e. The van der Waals surface area contributed by atoms with Gasteiger partial charge in [0.05, 0.1) is 11.1 Å². The number of pyridine rings is 1. The van der Waals surface area contributed by atoms with Gasteiger partial charge in [0, 0.05) is 21.5 Å². The first-order valence-electron chi connectivity index (χ1n) is 8.45. The summed E-state index contributed by atoms with van der Waals surface area (Å²) in [5.74, 6) is 0.00665. The molecular formula is C23H17NOS. The highest BCUT2D eigenvalue weighted by molar-refractivity contribution is 7.10. The van der Waals surface area contributed by atoms with Crippen LogP contribution in [0.15, 0.2) is 72.1 Å². The van der Waals surface area contributed by atoms with Gasteiger partial charge in [-0.15, -0.1) is 11.3 Å². The lowest BCUT2D eigenvalue weighted by molar-refractivity contribution is 0.103. The summed E-state index contributed by atoms with van der Waals surface area (Å²) in [6.45, 7) is 1.91. The Morgan fingerprint density at radius 2 is 1.69 bits per heavy atom. The Bertz CT molecular complexity index is 1100. The molecule has 0 radical (unpaired) electrons. The second kappa shape index (κ2) is 7.06. The number of hydrogen-bond acceptors (Lipinski definition) is 3. The molecule has 26 heavy (non-hydrogen) atoms. The number of benzene rings is 2. The molecular weight excluding hydrogens is 338 g/mol. The SMILES string of the molecule is Cc1nc2ccccc2c(/C=C/c2cccs2)c1C(=O)c1ccccc1. The van der Waals surface area contributed by atoms with Crippen molar-refractivity contribution in [3.63, 3.8) is 0 Å². The summed E-state index contributed by atoms with van der Waals surface area (Å²) < 4.78 is 0. The van der Waals surface area contributed by atoms with Crippen LogP contribution in [0, 0.1) is 6.92 Å². The topological polar surface area (TPSA) is 30.0 Å². The second-order valence-electron chi connectivity index (χ2n) is 6.05. The van der Waals surface area contributed by atoms with Crippen molar-refractivity contribution in [3.8, 4) is 0 Å². The Morgan fingerprint density at radius 1 is 0.923 bits per heavy atom. The summed E-state index contributed by atoms with van der Waals surface area (Å²) in [6.07, 6.45) is 4.10. The number of carbonyl (C=O) groups is 1. The molecule has 0 N–H and O–H groups in total. The van der Waals surface area contributed by atoms with Gasteiger partial charge in [-0.25, -0.2) is 0 Å². The first-order chi connectivity index (χ1) is 12.7. The number of nitrogens with zero attached hydrogens (tertiary/aromatic N) is 1. The van der Waals surface area contributed by atoms with Crippen LogP contribution in [0.3, 0.4) is 0 Å². The maximum Gasteiger partial charge on any atom is 0.195 e. The molecule has 2 nitrogen and oxygen atoms in total. The van der Waals surface area contributed by atoms with Gasteiger partial charge in [0.2, 0.25) is 0 Å². The molecule has 0 amide bonds. The van der Waals surface area contributed by atoms with E-state index in [9.17, 15) is 4.79 Å². The fourth-order valence-corrected chi connectivity index (χ4v) is 3.73. The van der Waals surface area contributed by atoms with Crippen LogP contribution in [-0.2, 0) is 0 Å². The van der Waals surface area contributed by atoms with Crippen LogP contribution in [-0.4, -0.2) is 10.8 Å². The first kappa shape index (κ1) is 16.4. The number of ketones is 1. The normalized spacial score (nSPS) is 11.3. The van der Waals surface area contributed by atoms with Crippen molar-refractivity contribution < 1.29 is 4.79 Å². The predicted molar refractivity (Wildman–Crippen MR) is 110 cm³/mol. The van der Waals surface area contributed by atoms with Gasteiger partial charge in [-0.05, 0) is 36.1 Å². The van der Waals surface area contributed by atoms with Crippen LogP contribution in [0.2, 0.25) is 0 Å². The number of thiophene rings is 1. The first-order valence-corrected chi connectivity index (χ1v) is 9.32. The van der Waals surface area contributed by atoms with Gasteiger partial charge in [-0.1, -0.05) is 60.7 Å². The van der Waals surface area contributed by atoms with Gasteiger partial charge in [0.25, 0.3) is 0 Å². The molecule has 0 fully saturated rings. The van der Waals surface area contributed by atoms with E-state index >= 15 is 0 Å². The minimum atomic E-state index is 0.00665. The van der Waals surface area contributed by atoms with Crippen molar-refractivity contribution in [1.82, 2.24) is 4.98 Å². The molecule has 2 aromatic carbocycles. The van der Waals surface area contributed by atoms with E-state index in [1.165, 1.54) is 0 Å². The minimum Gasteiger partial charge on any atom is -0.289 e. The van der Waals surface area contributed by atoms with E-state index in [1.54, 1.807) is 11.3 Å². The fraction of sp³-hybridized carbons (Fsp3) is 0.0435. The molecule has 0 aliphatic rings. The van der Waals surface area contributed by atoms with Crippen LogP contribution in [0.5, 0.6) is 0 Å². The van der Waals surface area contributed by atoms with E-state index in [0.29, 0.717) is 11.1 Å². The summed E-state index contributed by atoms with van der Waals surface area (Å²) in [7, 11) is 0. The maximum absolute atomic E-state index is 13.2. The lowest BCUT2D eigenvalue weighted by atomic mass is 9.93. The largest absolute Gasteiger partial charge is 0.289 e. The quantitative estimate of drug-likeness (QED) is 0.420. The molecule has 0 saturated heterocycles. The lowest BCUT2D eigenvalue weighted by Crippen LogP contribution is -2.08. The molecule has 3 heteroatoms. The number of para-hydroxylation sites is 1. The van der Waals surface area contributed by atoms with Crippen LogP contribution >= 0.6 is 11.3 Å². The Hall–Kier alpha value is -3.04. The van der Waals surface area contributed by atoms with E-state index in [0.717, 1.165) is 27.0 Å². The van der Waals surface area contributed by atoms with Crippen molar-refractivity contribution in [2.45, 2.75) is 6.92 Å². The molecule has 4 aromatic rings. The van der Waals surface area contributed by atoms with Crippen molar-refractivity contribution >= 4 is 40.2 Å². The van der Waals surface area contributed by atoms with Crippen LogP contribution in [0.1, 0.15) is 32.1 Å². The number of aryl methyl sites for hydroxylation is 1. The molecule has 4 rings (SSSR count). The zero-order valence-electron chi connectivity index (χ0n) is 14.3. The molecule has 126 valence electrons. The summed E-state index contributed by atoms with van der Waals surface area (Å²) in [5, 5.41) is 3.04. The van der Waals surface area contributed by atoms with Gasteiger partial charge in [0.15, 0.2) is 5.78 Å². The minimum absolute atomic E-state index is 0.00665. The van der Waals surface area contributed by atoms with Crippen LogP contribution in [0.25, 0.3) is 23.1 Å². The van der Waals surface area contributed by atoms with E-state index < -0.39 is 0 Å². The highest BCUT2D eigenvalue weighted by Gasteiger charge is 2.18. The van der Waals surface area contributed by atoms with E-state index in [4.69, 9.17) is 0 Å². The number of fused-ring (bicyclic) bond motifs is 1. The van der Waals surface area contributed by atoms with Gasteiger partial charge in [-0.3, -0.25) is 9.78 Å². The van der Waals surface area contributed by atoms with E-state index in [-0.39, 0.29) is 5.78 Å². The number of hydrogen-bond donors (Lipinski definition) is 0. The third kappa shape index (κ3) is 3.09. The average molecular weight is 355 g/mol. The predicted octanol–water partition coefficient (Wildman–Crippen LogP) is 6.01. The van der Waals surface area contributed by atoms with Crippen LogP contribution < -0.4 is 0 Å². The molecule has 0 aliphatic carbocycles. The van der Waals surface area contributed by atoms with Crippen molar-refractivity contribution in [2.75, 3.05) is 0 Å². The van der Waals surface area contributed by atoms with Gasteiger partial charge in [-0.2, -0.15) is 0 Å². The van der Waals surface area contributed by atoms with Gasteiger partial charge < -0.3 is 0 Å². The van der Waals surface area contributed by atoms with E-state index in [1.807, 2.05) is 79.0 Å². The summed E-state index contributed by atoms with van der Waals surface area (Å²) in [4.78, 5) is 19.1. The second-order valence-corrected chi connectivity index (χ2v) is 7.03. The maximum atomic E-state index is 13.2. The van der Waals surface area contributed by atoms with Crippen LogP contribution in [0.4, 0.5) is 0 Å². The molecule has 2 aromatic heterocycles. The van der Waals surface area contributed by atoms with Crippen molar-refractivity contribution in [2.24, 2.45) is 0 Å².